The molecule has 0 aromatic heterocycles. The van der Waals surface area contributed by atoms with E-state index in [-0.39, 0.29) is 33.2 Å². The third-order valence-corrected chi connectivity index (χ3v) is 5.48. The quantitative estimate of drug-likeness (QED) is 0.911. The van der Waals surface area contributed by atoms with E-state index in [0.29, 0.717) is 13.1 Å². The summed E-state index contributed by atoms with van der Waals surface area (Å²) in [6, 6.07) is 4.20. The molecule has 1 amide bonds. The molecule has 0 aliphatic carbocycles. The minimum absolute atomic E-state index is 0.0170. The Morgan fingerprint density at radius 2 is 2.20 bits per heavy atom. The topological polar surface area (TPSA) is 80.5 Å². The second-order valence-corrected chi connectivity index (χ2v) is 7.53. The van der Waals surface area contributed by atoms with Crippen molar-refractivity contribution in [3.8, 4) is 0 Å². The van der Waals surface area contributed by atoms with Gasteiger partial charge in [0.1, 0.15) is 0 Å². The molecule has 5 nitrogen and oxygen atoms in total. The van der Waals surface area contributed by atoms with Gasteiger partial charge in [0.05, 0.1) is 21.2 Å². The van der Waals surface area contributed by atoms with Crippen LogP contribution >= 0.6 is 11.6 Å². The number of carbonyl (C=O) groups excluding carboxylic acids is 1. The Morgan fingerprint density at radius 1 is 1.50 bits per heavy atom. The number of rotatable bonds is 3. The molecule has 7 heteroatoms. The van der Waals surface area contributed by atoms with Crippen LogP contribution in [0.15, 0.2) is 23.1 Å². The number of nitrogens with two attached hydrogens (primary N) is 1. The molecule has 1 saturated heterocycles. The van der Waals surface area contributed by atoms with Crippen LogP contribution in [0.25, 0.3) is 0 Å². The molecule has 0 saturated carbocycles. The lowest BCUT2D eigenvalue weighted by Gasteiger charge is -2.17. The molecule has 1 fully saturated rings. The van der Waals surface area contributed by atoms with Crippen molar-refractivity contribution in [1.82, 2.24) is 4.90 Å². The predicted octanol–water partition coefficient (Wildman–Crippen LogP) is 1.31. The molecule has 0 unspecified atom stereocenters. The molecule has 0 spiro atoms. The second-order valence-electron chi connectivity index (χ2n) is 4.84. The highest BCUT2D eigenvalue weighted by atomic mass is 35.5. The maximum absolute atomic E-state index is 12.4. The number of sulfone groups is 1. The lowest BCUT2D eigenvalue weighted by molar-refractivity contribution is 0.0791. The second kappa shape index (κ2) is 5.71. The van der Waals surface area contributed by atoms with Gasteiger partial charge in [-0.2, -0.15) is 0 Å². The third-order valence-electron chi connectivity index (χ3n) is 3.42. The smallest absolute Gasteiger partial charge is 0.255 e. The van der Waals surface area contributed by atoms with Gasteiger partial charge in [0.25, 0.3) is 5.91 Å². The molecule has 20 heavy (non-hydrogen) atoms. The van der Waals surface area contributed by atoms with Crippen molar-refractivity contribution in [2.75, 3.05) is 18.8 Å². The molecular weight excluding hydrogens is 300 g/mol. The fraction of sp³-hybridized carbons (Fsp3) is 0.462. The summed E-state index contributed by atoms with van der Waals surface area (Å²) >= 11 is 6.03. The van der Waals surface area contributed by atoms with Gasteiger partial charge in [-0.25, -0.2) is 8.42 Å². The molecule has 1 aromatic carbocycles. The van der Waals surface area contributed by atoms with Crippen LogP contribution in [0, 0.1) is 0 Å². The van der Waals surface area contributed by atoms with Gasteiger partial charge in [-0.05, 0) is 24.6 Å². The van der Waals surface area contributed by atoms with E-state index < -0.39 is 9.84 Å². The highest BCUT2D eigenvalue weighted by molar-refractivity contribution is 7.91. The molecule has 1 aliphatic heterocycles. The van der Waals surface area contributed by atoms with Crippen LogP contribution in [0.2, 0.25) is 5.02 Å². The molecule has 2 rings (SSSR count). The van der Waals surface area contributed by atoms with Crippen molar-refractivity contribution < 1.29 is 13.2 Å². The SMILES string of the molecule is CCS(=O)(=O)c1ccc(Cl)c(C(=O)N2CC[C@@H](N)C2)c1. The summed E-state index contributed by atoms with van der Waals surface area (Å²) in [5.41, 5.74) is 5.99. The summed E-state index contributed by atoms with van der Waals surface area (Å²) in [6.07, 6.45) is 0.746. The number of benzene rings is 1. The number of carbonyl (C=O) groups is 1. The van der Waals surface area contributed by atoms with Crippen molar-refractivity contribution in [2.24, 2.45) is 5.73 Å². The first-order valence-electron chi connectivity index (χ1n) is 6.42. The van der Waals surface area contributed by atoms with Crippen molar-refractivity contribution in [3.05, 3.63) is 28.8 Å². The van der Waals surface area contributed by atoms with Gasteiger partial charge in [0, 0.05) is 19.1 Å². The van der Waals surface area contributed by atoms with E-state index in [4.69, 9.17) is 17.3 Å². The fourth-order valence-electron chi connectivity index (χ4n) is 2.17. The van der Waals surface area contributed by atoms with Crippen molar-refractivity contribution >= 4 is 27.3 Å². The Balaban J connectivity index is 2.36. The van der Waals surface area contributed by atoms with Gasteiger partial charge in [-0.1, -0.05) is 18.5 Å². The Morgan fingerprint density at radius 3 is 2.75 bits per heavy atom. The predicted molar refractivity (Wildman–Crippen MR) is 77.7 cm³/mol. The Bertz CT molecular complexity index is 631. The van der Waals surface area contributed by atoms with E-state index in [1.54, 1.807) is 11.8 Å². The molecule has 1 heterocycles. The van der Waals surface area contributed by atoms with Crippen LogP contribution in [0.1, 0.15) is 23.7 Å². The first-order valence-corrected chi connectivity index (χ1v) is 8.45. The van der Waals surface area contributed by atoms with Crippen LogP contribution in [0.3, 0.4) is 0 Å². The maximum atomic E-state index is 12.4. The Kier molecular flexibility index (Phi) is 4.36. The van der Waals surface area contributed by atoms with Crippen LogP contribution in [-0.2, 0) is 9.84 Å². The number of likely N-dealkylation sites (tertiary alicyclic amines) is 1. The molecule has 110 valence electrons. The zero-order valence-electron chi connectivity index (χ0n) is 11.2. The largest absolute Gasteiger partial charge is 0.337 e. The Hall–Kier alpha value is -1.11. The molecule has 1 aliphatic rings. The first kappa shape index (κ1) is 15.3. The molecule has 0 bridgehead atoms. The molecular formula is C13H17ClN2O3S. The van der Waals surface area contributed by atoms with E-state index >= 15 is 0 Å². The molecule has 0 radical (unpaired) electrons. The lowest BCUT2D eigenvalue weighted by atomic mass is 10.2. The minimum atomic E-state index is -3.36. The van der Waals surface area contributed by atoms with E-state index in [1.807, 2.05) is 0 Å². The van der Waals surface area contributed by atoms with Crippen LogP contribution in [0.4, 0.5) is 0 Å². The summed E-state index contributed by atoms with van der Waals surface area (Å²) in [5.74, 6) is -0.285. The van der Waals surface area contributed by atoms with Crippen LogP contribution < -0.4 is 5.73 Å². The van der Waals surface area contributed by atoms with Crippen molar-refractivity contribution in [1.29, 1.82) is 0 Å². The average Bonchev–Trinajstić information content (AvgIpc) is 2.85. The van der Waals surface area contributed by atoms with E-state index in [1.165, 1.54) is 18.2 Å². The number of hydrogen-bond acceptors (Lipinski definition) is 4. The third kappa shape index (κ3) is 2.97. The average molecular weight is 317 g/mol. The summed E-state index contributed by atoms with van der Waals surface area (Å²) in [4.78, 5) is 14.1. The minimum Gasteiger partial charge on any atom is -0.337 e. The Labute approximate surface area is 123 Å². The standard InChI is InChI=1S/C13H17ClN2O3S/c1-2-20(18,19)10-3-4-12(14)11(7-10)13(17)16-6-5-9(15)8-16/h3-4,7,9H,2,5-6,8,15H2,1H3/t9-/m1/s1. The number of nitrogens with zero attached hydrogens (tertiary/aromatic N) is 1. The van der Waals surface area contributed by atoms with E-state index in [2.05, 4.69) is 0 Å². The fourth-order valence-corrected chi connectivity index (χ4v) is 3.28. The van der Waals surface area contributed by atoms with Crippen molar-refractivity contribution in [2.45, 2.75) is 24.3 Å². The highest BCUT2D eigenvalue weighted by Crippen LogP contribution is 2.24. The monoisotopic (exact) mass is 316 g/mol. The van der Waals surface area contributed by atoms with E-state index in [0.717, 1.165) is 6.42 Å². The normalized spacial score (nSPS) is 19.4. The summed E-state index contributed by atoms with van der Waals surface area (Å²) in [7, 11) is -3.36. The van der Waals surface area contributed by atoms with Gasteiger partial charge < -0.3 is 10.6 Å². The van der Waals surface area contributed by atoms with Crippen LogP contribution in [-0.4, -0.2) is 44.1 Å². The van der Waals surface area contributed by atoms with Gasteiger partial charge >= 0.3 is 0 Å². The summed E-state index contributed by atoms with van der Waals surface area (Å²) in [5, 5.41) is 0.255. The zero-order chi connectivity index (χ0) is 14.9. The zero-order valence-corrected chi connectivity index (χ0v) is 12.7. The van der Waals surface area contributed by atoms with Crippen molar-refractivity contribution in [3.63, 3.8) is 0 Å². The van der Waals surface area contributed by atoms with Crippen LogP contribution in [0.5, 0.6) is 0 Å². The summed E-state index contributed by atoms with van der Waals surface area (Å²) in [6.45, 7) is 2.60. The number of halogens is 1. The van der Waals surface area contributed by atoms with Gasteiger partial charge in [-0.15, -0.1) is 0 Å². The number of hydrogen-bond donors (Lipinski definition) is 1. The first-order chi connectivity index (χ1) is 9.35. The maximum Gasteiger partial charge on any atom is 0.255 e. The molecule has 1 atom stereocenters. The van der Waals surface area contributed by atoms with Gasteiger partial charge in [0.2, 0.25) is 0 Å². The summed E-state index contributed by atoms with van der Waals surface area (Å²) < 4.78 is 23.7. The van der Waals surface area contributed by atoms with E-state index in [9.17, 15) is 13.2 Å². The molecule has 2 N–H and O–H groups in total. The van der Waals surface area contributed by atoms with Gasteiger partial charge in [0.15, 0.2) is 9.84 Å². The van der Waals surface area contributed by atoms with Gasteiger partial charge in [-0.3, -0.25) is 4.79 Å². The highest BCUT2D eigenvalue weighted by Gasteiger charge is 2.27. The molecule has 1 aromatic rings. The number of amides is 1. The lowest BCUT2D eigenvalue weighted by Crippen LogP contribution is -2.32.